The quantitative estimate of drug-likeness (QED) is 0.720. The van der Waals surface area contributed by atoms with Crippen molar-refractivity contribution < 1.29 is 17.9 Å². The number of ether oxygens (including phenoxy) is 1. The van der Waals surface area contributed by atoms with Crippen molar-refractivity contribution in [1.29, 1.82) is 0 Å². The molecule has 0 N–H and O–H groups in total. The molecule has 1 nitrogen and oxygen atoms in total. The van der Waals surface area contributed by atoms with E-state index >= 15 is 0 Å². The molecule has 1 aliphatic rings. The van der Waals surface area contributed by atoms with Gasteiger partial charge in [-0.05, 0) is 18.8 Å². The van der Waals surface area contributed by atoms with Gasteiger partial charge in [0.2, 0.25) is 5.82 Å². The van der Waals surface area contributed by atoms with Crippen LogP contribution in [0.25, 0.3) is 0 Å². The lowest BCUT2D eigenvalue weighted by molar-refractivity contribution is 0.237. The molecule has 1 fully saturated rings. The van der Waals surface area contributed by atoms with Gasteiger partial charge in [-0.1, -0.05) is 12.8 Å². The molecule has 16 heavy (non-hydrogen) atoms. The fraction of sp³-hybridized carbons (Fsp3) is 0.500. The fourth-order valence-electron chi connectivity index (χ4n) is 2.02. The molecule has 1 aromatic carbocycles. The minimum absolute atomic E-state index is 0.329. The highest BCUT2D eigenvalue weighted by molar-refractivity contribution is 5.26. The lowest BCUT2D eigenvalue weighted by Crippen LogP contribution is -2.09. The zero-order valence-corrected chi connectivity index (χ0v) is 8.81. The van der Waals surface area contributed by atoms with E-state index in [1.54, 1.807) is 0 Å². The smallest absolute Gasteiger partial charge is 0.200 e. The lowest BCUT2D eigenvalue weighted by atomic mass is 10.1. The number of halogens is 3. The second-order valence-corrected chi connectivity index (χ2v) is 4.16. The predicted molar refractivity (Wildman–Crippen MR) is 53.8 cm³/mol. The second-order valence-electron chi connectivity index (χ2n) is 4.16. The Morgan fingerprint density at radius 3 is 2.50 bits per heavy atom. The van der Waals surface area contributed by atoms with Crippen LogP contribution in [0, 0.1) is 23.4 Å². The Morgan fingerprint density at radius 2 is 1.81 bits per heavy atom. The number of hydrogen-bond donors (Lipinski definition) is 0. The molecule has 2 rings (SSSR count). The third kappa shape index (κ3) is 2.49. The standard InChI is InChI=1S/C12H13F3O/c13-9-5-10(14)12(15)11(6-9)16-7-8-3-1-2-4-8/h5-6,8H,1-4,7H2. The molecule has 0 spiro atoms. The van der Waals surface area contributed by atoms with Crippen LogP contribution in [0.2, 0.25) is 0 Å². The Kier molecular flexibility index (Phi) is 3.36. The van der Waals surface area contributed by atoms with Gasteiger partial charge in [-0.15, -0.1) is 0 Å². The van der Waals surface area contributed by atoms with Crippen molar-refractivity contribution in [3.05, 3.63) is 29.6 Å². The van der Waals surface area contributed by atoms with Crippen LogP contribution >= 0.6 is 0 Å². The van der Waals surface area contributed by atoms with Crippen molar-refractivity contribution >= 4 is 0 Å². The van der Waals surface area contributed by atoms with E-state index in [0.717, 1.165) is 31.7 Å². The first-order valence-electron chi connectivity index (χ1n) is 5.44. The molecule has 1 aliphatic carbocycles. The van der Waals surface area contributed by atoms with E-state index in [2.05, 4.69) is 0 Å². The molecule has 0 atom stereocenters. The summed E-state index contributed by atoms with van der Waals surface area (Å²) in [5.41, 5.74) is 0. The van der Waals surface area contributed by atoms with E-state index in [1.807, 2.05) is 0 Å². The SMILES string of the molecule is Fc1cc(F)c(F)c(OCC2CCCC2)c1. The average Bonchev–Trinajstić information content (AvgIpc) is 2.74. The first-order chi connectivity index (χ1) is 7.66. The third-order valence-corrected chi connectivity index (χ3v) is 2.91. The maximum absolute atomic E-state index is 13.2. The van der Waals surface area contributed by atoms with Crippen LogP contribution in [0.15, 0.2) is 12.1 Å². The molecular weight excluding hydrogens is 217 g/mol. The van der Waals surface area contributed by atoms with Gasteiger partial charge in [-0.2, -0.15) is 4.39 Å². The van der Waals surface area contributed by atoms with Gasteiger partial charge < -0.3 is 4.74 Å². The van der Waals surface area contributed by atoms with Gasteiger partial charge in [0.15, 0.2) is 11.6 Å². The van der Waals surface area contributed by atoms with E-state index in [1.165, 1.54) is 0 Å². The first kappa shape index (κ1) is 11.3. The van der Waals surface area contributed by atoms with Gasteiger partial charge in [-0.25, -0.2) is 8.78 Å². The van der Waals surface area contributed by atoms with Crippen LogP contribution in [-0.4, -0.2) is 6.61 Å². The molecule has 88 valence electrons. The molecular formula is C12H13F3O. The Bertz CT molecular complexity index is 373. The zero-order chi connectivity index (χ0) is 11.5. The van der Waals surface area contributed by atoms with Crippen molar-refractivity contribution in [2.45, 2.75) is 25.7 Å². The third-order valence-electron chi connectivity index (χ3n) is 2.91. The van der Waals surface area contributed by atoms with E-state index < -0.39 is 17.5 Å². The highest BCUT2D eigenvalue weighted by Crippen LogP contribution is 2.27. The van der Waals surface area contributed by atoms with Gasteiger partial charge in [0.05, 0.1) is 6.61 Å². The van der Waals surface area contributed by atoms with Crippen LogP contribution < -0.4 is 4.74 Å². The van der Waals surface area contributed by atoms with Crippen LogP contribution in [0.3, 0.4) is 0 Å². The summed E-state index contributed by atoms with van der Waals surface area (Å²) in [4.78, 5) is 0. The summed E-state index contributed by atoms with van der Waals surface area (Å²) >= 11 is 0. The van der Waals surface area contributed by atoms with Crippen LogP contribution in [0.4, 0.5) is 13.2 Å². The minimum Gasteiger partial charge on any atom is -0.490 e. The Labute approximate surface area is 92.2 Å². The van der Waals surface area contributed by atoms with Gasteiger partial charge >= 0.3 is 0 Å². The molecule has 0 aliphatic heterocycles. The average molecular weight is 230 g/mol. The number of rotatable bonds is 3. The van der Waals surface area contributed by atoms with Crippen LogP contribution in [0.1, 0.15) is 25.7 Å². The van der Waals surface area contributed by atoms with Gasteiger partial charge in [0, 0.05) is 12.1 Å². The van der Waals surface area contributed by atoms with Gasteiger partial charge in [0.25, 0.3) is 0 Å². The zero-order valence-electron chi connectivity index (χ0n) is 8.81. The molecule has 0 heterocycles. The van der Waals surface area contributed by atoms with E-state index in [9.17, 15) is 13.2 Å². The Morgan fingerprint density at radius 1 is 1.12 bits per heavy atom. The van der Waals surface area contributed by atoms with E-state index in [-0.39, 0.29) is 5.75 Å². The molecule has 1 saturated carbocycles. The fourth-order valence-corrected chi connectivity index (χ4v) is 2.02. The largest absolute Gasteiger partial charge is 0.490 e. The number of benzene rings is 1. The van der Waals surface area contributed by atoms with E-state index in [0.29, 0.717) is 18.6 Å². The number of hydrogen-bond acceptors (Lipinski definition) is 1. The van der Waals surface area contributed by atoms with Crippen molar-refractivity contribution in [2.75, 3.05) is 6.61 Å². The normalized spacial score (nSPS) is 16.7. The maximum atomic E-state index is 13.2. The van der Waals surface area contributed by atoms with Crippen molar-refractivity contribution in [3.8, 4) is 5.75 Å². The highest BCUT2D eigenvalue weighted by Gasteiger charge is 2.18. The maximum Gasteiger partial charge on any atom is 0.200 e. The first-order valence-corrected chi connectivity index (χ1v) is 5.44. The summed E-state index contributed by atoms with van der Waals surface area (Å²) in [5, 5.41) is 0. The molecule has 0 radical (unpaired) electrons. The van der Waals surface area contributed by atoms with Crippen LogP contribution in [0.5, 0.6) is 5.75 Å². The lowest BCUT2D eigenvalue weighted by Gasteiger charge is -2.12. The summed E-state index contributed by atoms with van der Waals surface area (Å²) < 4.78 is 44.0. The summed E-state index contributed by atoms with van der Waals surface area (Å²) in [6, 6.07) is 1.39. The molecule has 0 amide bonds. The molecule has 0 saturated heterocycles. The van der Waals surface area contributed by atoms with Crippen LogP contribution in [-0.2, 0) is 0 Å². The minimum atomic E-state index is -1.21. The molecule has 4 heteroatoms. The Balaban J connectivity index is 2.02. The van der Waals surface area contributed by atoms with Gasteiger partial charge in [0.1, 0.15) is 5.82 Å². The van der Waals surface area contributed by atoms with Gasteiger partial charge in [-0.3, -0.25) is 0 Å². The Hall–Kier alpha value is -1.19. The second kappa shape index (κ2) is 4.76. The summed E-state index contributed by atoms with van der Waals surface area (Å²) in [6.07, 6.45) is 4.38. The molecule has 0 unspecified atom stereocenters. The van der Waals surface area contributed by atoms with Crippen molar-refractivity contribution in [1.82, 2.24) is 0 Å². The molecule has 1 aromatic rings. The van der Waals surface area contributed by atoms with E-state index in [4.69, 9.17) is 4.74 Å². The summed E-state index contributed by atoms with van der Waals surface area (Å²) in [7, 11) is 0. The van der Waals surface area contributed by atoms with Crippen molar-refractivity contribution in [3.63, 3.8) is 0 Å². The molecule has 0 aromatic heterocycles. The predicted octanol–water partition coefficient (Wildman–Crippen LogP) is 3.67. The monoisotopic (exact) mass is 230 g/mol. The summed E-state index contributed by atoms with van der Waals surface area (Å²) in [6.45, 7) is 0.333. The molecule has 0 bridgehead atoms. The summed E-state index contributed by atoms with van der Waals surface area (Å²) in [5.74, 6) is -3.09. The topological polar surface area (TPSA) is 9.23 Å². The highest BCUT2D eigenvalue weighted by atomic mass is 19.2. The van der Waals surface area contributed by atoms with Crippen molar-refractivity contribution in [2.24, 2.45) is 5.92 Å².